The van der Waals surface area contributed by atoms with E-state index in [1.165, 1.54) is 31.2 Å². The first-order chi connectivity index (χ1) is 8.39. The summed E-state index contributed by atoms with van der Waals surface area (Å²) < 4.78 is 0. The summed E-state index contributed by atoms with van der Waals surface area (Å²) in [5.74, 6) is -0.219. The normalized spacial score (nSPS) is 19.7. The van der Waals surface area contributed by atoms with Crippen LogP contribution < -0.4 is 0 Å². The van der Waals surface area contributed by atoms with Crippen molar-refractivity contribution in [2.24, 2.45) is 5.41 Å². The summed E-state index contributed by atoms with van der Waals surface area (Å²) >= 11 is 0. The Morgan fingerprint density at radius 1 is 1.28 bits per heavy atom. The molecule has 2 heteroatoms. The van der Waals surface area contributed by atoms with Gasteiger partial charge in [0.05, 0.1) is 5.56 Å². The predicted molar refractivity (Wildman–Crippen MR) is 73.1 cm³/mol. The van der Waals surface area contributed by atoms with E-state index in [0.29, 0.717) is 16.9 Å². The molecule has 1 aromatic carbocycles. The third-order valence-corrected chi connectivity index (χ3v) is 4.29. The lowest BCUT2D eigenvalue weighted by molar-refractivity contribution is 0.0696. The fraction of sp³-hybridized carbons (Fsp3) is 0.562. The first kappa shape index (κ1) is 13.1. The lowest BCUT2D eigenvalue weighted by Gasteiger charge is -2.34. The van der Waals surface area contributed by atoms with Gasteiger partial charge in [-0.2, -0.15) is 0 Å². The highest BCUT2D eigenvalue weighted by Crippen LogP contribution is 2.42. The van der Waals surface area contributed by atoms with E-state index in [2.05, 4.69) is 19.9 Å². The second kappa shape index (κ2) is 4.75. The lowest BCUT2D eigenvalue weighted by atomic mass is 9.71. The van der Waals surface area contributed by atoms with Crippen molar-refractivity contribution < 1.29 is 9.90 Å². The molecule has 0 spiro atoms. The zero-order valence-corrected chi connectivity index (χ0v) is 11.5. The molecule has 0 amide bonds. The smallest absolute Gasteiger partial charge is 0.335 e. The third-order valence-electron chi connectivity index (χ3n) is 4.29. The topological polar surface area (TPSA) is 37.3 Å². The van der Waals surface area contributed by atoms with E-state index in [9.17, 15) is 4.79 Å². The molecule has 0 bridgehead atoms. The van der Waals surface area contributed by atoms with Gasteiger partial charge in [-0.1, -0.05) is 26.0 Å². The van der Waals surface area contributed by atoms with Crippen LogP contribution in [0.5, 0.6) is 0 Å². The Balaban J connectivity index is 2.16. The Labute approximate surface area is 109 Å². The van der Waals surface area contributed by atoms with E-state index in [-0.39, 0.29) is 0 Å². The minimum Gasteiger partial charge on any atom is -0.478 e. The quantitative estimate of drug-likeness (QED) is 0.841. The summed E-state index contributed by atoms with van der Waals surface area (Å²) in [5, 5.41) is 9.04. The SMILES string of the molecule is Cc1cc(C2CCC(C)(C)CC2)ccc1C(=O)O. The van der Waals surface area contributed by atoms with Crippen molar-refractivity contribution in [3.8, 4) is 0 Å². The predicted octanol–water partition coefficient (Wildman–Crippen LogP) is 4.38. The fourth-order valence-corrected chi connectivity index (χ4v) is 2.91. The summed E-state index contributed by atoms with van der Waals surface area (Å²) in [6.45, 7) is 6.56. The molecule has 0 saturated heterocycles. The summed E-state index contributed by atoms with van der Waals surface area (Å²) in [5.41, 5.74) is 3.10. The molecule has 1 fully saturated rings. The van der Waals surface area contributed by atoms with Gasteiger partial charge in [0.2, 0.25) is 0 Å². The molecule has 2 rings (SSSR count). The fourth-order valence-electron chi connectivity index (χ4n) is 2.91. The van der Waals surface area contributed by atoms with E-state index < -0.39 is 5.97 Å². The molecule has 1 N–H and O–H groups in total. The average molecular weight is 246 g/mol. The first-order valence-electron chi connectivity index (χ1n) is 6.73. The van der Waals surface area contributed by atoms with Crippen molar-refractivity contribution in [3.05, 3.63) is 34.9 Å². The molecule has 98 valence electrons. The molecule has 0 aromatic heterocycles. The van der Waals surface area contributed by atoms with Crippen LogP contribution in [0.25, 0.3) is 0 Å². The van der Waals surface area contributed by atoms with Crippen molar-refractivity contribution in [2.75, 3.05) is 0 Å². The Hall–Kier alpha value is -1.31. The Morgan fingerprint density at radius 3 is 2.39 bits per heavy atom. The standard InChI is InChI=1S/C16H22O2/c1-11-10-13(4-5-14(11)15(17)18)12-6-8-16(2,3)9-7-12/h4-5,10,12H,6-9H2,1-3H3,(H,17,18). The second-order valence-corrected chi connectivity index (χ2v) is 6.32. The molecule has 2 nitrogen and oxygen atoms in total. The molecule has 18 heavy (non-hydrogen) atoms. The van der Waals surface area contributed by atoms with Gasteiger partial charge >= 0.3 is 5.97 Å². The first-order valence-corrected chi connectivity index (χ1v) is 6.73. The van der Waals surface area contributed by atoms with Crippen LogP contribution in [0.15, 0.2) is 18.2 Å². The number of benzene rings is 1. The molecule has 0 heterocycles. The van der Waals surface area contributed by atoms with Gasteiger partial charge in [-0.05, 0) is 61.1 Å². The van der Waals surface area contributed by atoms with Crippen LogP contribution >= 0.6 is 0 Å². The minimum absolute atomic E-state index is 0.426. The van der Waals surface area contributed by atoms with Crippen LogP contribution in [-0.4, -0.2) is 11.1 Å². The number of carboxylic acids is 1. The highest BCUT2D eigenvalue weighted by atomic mass is 16.4. The van der Waals surface area contributed by atoms with Crippen LogP contribution in [0.4, 0.5) is 0 Å². The van der Waals surface area contributed by atoms with Gasteiger partial charge in [0.1, 0.15) is 0 Å². The summed E-state index contributed by atoms with van der Waals surface area (Å²) in [6.07, 6.45) is 4.96. The number of aryl methyl sites for hydroxylation is 1. The number of rotatable bonds is 2. The number of aromatic carboxylic acids is 1. The molecule has 0 atom stereocenters. The Bertz CT molecular complexity index is 450. The zero-order valence-electron chi connectivity index (χ0n) is 11.5. The van der Waals surface area contributed by atoms with Gasteiger partial charge in [-0.3, -0.25) is 0 Å². The molecule has 1 aliphatic carbocycles. The van der Waals surface area contributed by atoms with Crippen LogP contribution in [0, 0.1) is 12.3 Å². The number of hydrogen-bond donors (Lipinski definition) is 1. The third kappa shape index (κ3) is 2.74. The van der Waals surface area contributed by atoms with E-state index in [0.717, 1.165) is 5.56 Å². The number of carboxylic acid groups (broad SMARTS) is 1. The summed E-state index contributed by atoms with van der Waals surface area (Å²) in [6, 6.07) is 5.82. The van der Waals surface area contributed by atoms with Crippen LogP contribution in [0.3, 0.4) is 0 Å². The summed E-state index contributed by atoms with van der Waals surface area (Å²) in [7, 11) is 0. The van der Waals surface area contributed by atoms with Crippen molar-refractivity contribution in [1.29, 1.82) is 0 Å². The van der Waals surface area contributed by atoms with Gasteiger partial charge in [0.25, 0.3) is 0 Å². The molecule has 0 aliphatic heterocycles. The van der Waals surface area contributed by atoms with Gasteiger partial charge < -0.3 is 5.11 Å². The summed E-state index contributed by atoms with van der Waals surface area (Å²) in [4.78, 5) is 11.0. The van der Waals surface area contributed by atoms with Gasteiger partial charge in [0, 0.05) is 0 Å². The van der Waals surface area contributed by atoms with E-state index in [4.69, 9.17) is 5.11 Å². The van der Waals surface area contributed by atoms with Crippen LogP contribution in [-0.2, 0) is 0 Å². The molecule has 0 unspecified atom stereocenters. The van der Waals surface area contributed by atoms with Crippen molar-refractivity contribution in [2.45, 2.75) is 52.4 Å². The van der Waals surface area contributed by atoms with Gasteiger partial charge in [-0.25, -0.2) is 4.79 Å². The van der Waals surface area contributed by atoms with Crippen molar-refractivity contribution >= 4 is 5.97 Å². The molecule has 1 aliphatic rings. The van der Waals surface area contributed by atoms with Crippen molar-refractivity contribution in [3.63, 3.8) is 0 Å². The van der Waals surface area contributed by atoms with Crippen LogP contribution in [0.2, 0.25) is 0 Å². The van der Waals surface area contributed by atoms with Crippen LogP contribution in [0.1, 0.15) is 66.9 Å². The largest absolute Gasteiger partial charge is 0.478 e. The van der Waals surface area contributed by atoms with Crippen molar-refractivity contribution in [1.82, 2.24) is 0 Å². The molecule has 1 saturated carbocycles. The maximum atomic E-state index is 11.0. The Morgan fingerprint density at radius 2 is 1.89 bits per heavy atom. The molecular weight excluding hydrogens is 224 g/mol. The second-order valence-electron chi connectivity index (χ2n) is 6.32. The maximum Gasteiger partial charge on any atom is 0.335 e. The molecular formula is C16H22O2. The highest BCUT2D eigenvalue weighted by molar-refractivity contribution is 5.89. The van der Waals surface area contributed by atoms with E-state index >= 15 is 0 Å². The Kier molecular flexibility index (Phi) is 3.47. The van der Waals surface area contributed by atoms with Gasteiger partial charge in [-0.15, -0.1) is 0 Å². The average Bonchev–Trinajstić information content (AvgIpc) is 2.28. The minimum atomic E-state index is -0.830. The van der Waals surface area contributed by atoms with E-state index in [1.54, 1.807) is 6.07 Å². The highest BCUT2D eigenvalue weighted by Gasteiger charge is 2.27. The number of carbonyl (C=O) groups is 1. The lowest BCUT2D eigenvalue weighted by Crippen LogP contribution is -2.20. The monoisotopic (exact) mass is 246 g/mol. The molecule has 1 aromatic rings. The molecule has 0 radical (unpaired) electrons. The maximum absolute atomic E-state index is 11.0. The zero-order chi connectivity index (χ0) is 13.3. The van der Waals surface area contributed by atoms with Gasteiger partial charge in [0.15, 0.2) is 0 Å². The number of hydrogen-bond acceptors (Lipinski definition) is 1. The van der Waals surface area contributed by atoms with E-state index in [1.807, 2.05) is 13.0 Å².